The van der Waals surface area contributed by atoms with Gasteiger partial charge in [0.2, 0.25) is 5.91 Å². The summed E-state index contributed by atoms with van der Waals surface area (Å²) in [5, 5.41) is 12.4. The van der Waals surface area contributed by atoms with Crippen LogP contribution in [0.5, 0.6) is 0 Å². The third-order valence-corrected chi connectivity index (χ3v) is 4.47. The smallest absolute Gasteiger partial charge is 0.308 e. The summed E-state index contributed by atoms with van der Waals surface area (Å²) >= 11 is 0. The zero-order valence-electron chi connectivity index (χ0n) is 11.6. The number of carbonyl (C=O) groups is 2. The van der Waals surface area contributed by atoms with Gasteiger partial charge in [0, 0.05) is 13.1 Å². The highest BCUT2D eigenvalue weighted by Crippen LogP contribution is 2.23. The van der Waals surface area contributed by atoms with Crippen LogP contribution < -0.4 is 5.32 Å². The molecule has 2 aliphatic heterocycles. The van der Waals surface area contributed by atoms with Gasteiger partial charge in [0.25, 0.3) is 0 Å². The maximum atomic E-state index is 12.5. The molecule has 19 heavy (non-hydrogen) atoms. The summed E-state index contributed by atoms with van der Waals surface area (Å²) in [6.07, 6.45) is 4.63. The zero-order valence-corrected chi connectivity index (χ0v) is 11.6. The molecule has 2 heterocycles. The summed E-state index contributed by atoms with van der Waals surface area (Å²) in [6, 6.07) is -0.105. The Labute approximate surface area is 114 Å². The van der Waals surface area contributed by atoms with Crippen molar-refractivity contribution in [1.29, 1.82) is 0 Å². The molecule has 0 aromatic rings. The molecule has 1 amide bonds. The largest absolute Gasteiger partial charge is 0.481 e. The summed E-state index contributed by atoms with van der Waals surface area (Å²) in [7, 11) is 0. The molecule has 2 saturated heterocycles. The minimum atomic E-state index is -0.777. The number of carboxylic acid groups (broad SMARTS) is 1. The van der Waals surface area contributed by atoms with E-state index in [1.807, 2.05) is 0 Å². The van der Waals surface area contributed by atoms with E-state index < -0.39 is 5.97 Å². The van der Waals surface area contributed by atoms with Crippen molar-refractivity contribution in [2.45, 2.75) is 45.1 Å². The van der Waals surface area contributed by atoms with Gasteiger partial charge in [0.1, 0.15) is 0 Å². The fraction of sp³-hybridized carbons (Fsp3) is 0.857. The predicted molar refractivity (Wildman–Crippen MR) is 71.7 cm³/mol. The van der Waals surface area contributed by atoms with E-state index in [9.17, 15) is 9.59 Å². The van der Waals surface area contributed by atoms with Crippen LogP contribution in [0.25, 0.3) is 0 Å². The Morgan fingerprint density at radius 3 is 2.84 bits per heavy atom. The number of hydrogen-bond donors (Lipinski definition) is 2. The Balaban J connectivity index is 1.93. The maximum absolute atomic E-state index is 12.5. The molecule has 2 N–H and O–H groups in total. The first-order valence-electron chi connectivity index (χ1n) is 7.36. The molecule has 0 saturated carbocycles. The SMILES string of the molecule is CCC1CCNC(C(=O)N2CCC[C@H](C(=O)O)C2)C1. The van der Waals surface area contributed by atoms with Gasteiger partial charge in [-0.1, -0.05) is 13.3 Å². The number of aliphatic carboxylic acids is 1. The van der Waals surface area contributed by atoms with Gasteiger partial charge in [-0.2, -0.15) is 0 Å². The molecule has 3 atom stereocenters. The standard InChI is InChI=1S/C14H24N2O3/c1-2-10-5-6-15-12(8-10)13(17)16-7-3-4-11(9-16)14(18)19/h10-12,15H,2-9H2,1H3,(H,18,19)/t10?,11-,12?/m0/s1. The number of nitrogens with zero attached hydrogens (tertiary/aromatic N) is 1. The summed E-state index contributed by atoms with van der Waals surface area (Å²) in [5.41, 5.74) is 0. The Hall–Kier alpha value is -1.10. The summed E-state index contributed by atoms with van der Waals surface area (Å²) in [5.74, 6) is -0.442. The number of likely N-dealkylation sites (tertiary alicyclic amines) is 1. The fourth-order valence-electron chi connectivity index (χ4n) is 3.15. The molecule has 5 heteroatoms. The number of carboxylic acids is 1. The number of carbonyl (C=O) groups excluding carboxylic acids is 1. The lowest BCUT2D eigenvalue weighted by molar-refractivity contribution is -0.146. The van der Waals surface area contributed by atoms with Gasteiger partial charge in [-0.3, -0.25) is 9.59 Å². The Morgan fingerprint density at radius 2 is 2.16 bits per heavy atom. The molecule has 0 aromatic heterocycles. The molecular formula is C14H24N2O3. The minimum absolute atomic E-state index is 0.101. The summed E-state index contributed by atoms with van der Waals surface area (Å²) in [4.78, 5) is 25.2. The van der Waals surface area contributed by atoms with Crippen molar-refractivity contribution >= 4 is 11.9 Å². The molecule has 2 aliphatic rings. The van der Waals surface area contributed by atoms with Crippen LogP contribution in [0, 0.1) is 11.8 Å². The van der Waals surface area contributed by atoms with Crippen LogP contribution in [-0.2, 0) is 9.59 Å². The second kappa shape index (κ2) is 6.37. The number of nitrogens with one attached hydrogen (secondary N) is 1. The lowest BCUT2D eigenvalue weighted by atomic mass is 9.89. The van der Waals surface area contributed by atoms with E-state index in [0.29, 0.717) is 25.4 Å². The second-order valence-corrected chi connectivity index (χ2v) is 5.77. The van der Waals surface area contributed by atoms with Crippen LogP contribution in [0.1, 0.15) is 39.0 Å². The predicted octanol–water partition coefficient (Wildman–Crippen LogP) is 1.09. The number of piperidine rings is 2. The van der Waals surface area contributed by atoms with Crippen LogP contribution in [0.3, 0.4) is 0 Å². The number of amides is 1. The normalized spacial score (nSPS) is 32.1. The highest BCUT2D eigenvalue weighted by atomic mass is 16.4. The molecule has 2 rings (SSSR count). The van der Waals surface area contributed by atoms with Crippen LogP contribution in [-0.4, -0.2) is 47.6 Å². The van der Waals surface area contributed by atoms with Gasteiger partial charge in [0.05, 0.1) is 12.0 Å². The van der Waals surface area contributed by atoms with Crippen molar-refractivity contribution < 1.29 is 14.7 Å². The van der Waals surface area contributed by atoms with Crippen molar-refractivity contribution in [3.8, 4) is 0 Å². The molecule has 0 aromatic carbocycles. The fourth-order valence-corrected chi connectivity index (χ4v) is 3.15. The summed E-state index contributed by atoms with van der Waals surface area (Å²) in [6.45, 7) is 4.14. The van der Waals surface area contributed by atoms with Gasteiger partial charge < -0.3 is 15.3 Å². The van der Waals surface area contributed by atoms with Crippen molar-refractivity contribution in [2.24, 2.45) is 11.8 Å². The minimum Gasteiger partial charge on any atom is -0.481 e. The summed E-state index contributed by atoms with van der Waals surface area (Å²) < 4.78 is 0. The molecular weight excluding hydrogens is 244 g/mol. The highest BCUT2D eigenvalue weighted by molar-refractivity contribution is 5.83. The molecule has 2 fully saturated rings. The lowest BCUT2D eigenvalue weighted by Crippen LogP contribution is -2.53. The van der Waals surface area contributed by atoms with E-state index in [1.54, 1.807) is 4.90 Å². The average molecular weight is 268 g/mol. The lowest BCUT2D eigenvalue weighted by Gasteiger charge is -2.36. The molecule has 108 valence electrons. The van der Waals surface area contributed by atoms with Gasteiger partial charge in [0.15, 0.2) is 0 Å². The van der Waals surface area contributed by atoms with Crippen LogP contribution in [0.2, 0.25) is 0 Å². The molecule has 0 spiro atoms. The van der Waals surface area contributed by atoms with Crippen LogP contribution >= 0.6 is 0 Å². The topological polar surface area (TPSA) is 69.6 Å². The quantitative estimate of drug-likeness (QED) is 0.804. The van der Waals surface area contributed by atoms with Gasteiger partial charge in [-0.05, 0) is 38.1 Å². The van der Waals surface area contributed by atoms with E-state index in [4.69, 9.17) is 5.11 Å². The zero-order chi connectivity index (χ0) is 13.8. The van der Waals surface area contributed by atoms with Crippen LogP contribution in [0.15, 0.2) is 0 Å². The van der Waals surface area contributed by atoms with Crippen molar-refractivity contribution in [1.82, 2.24) is 10.2 Å². The highest BCUT2D eigenvalue weighted by Gasteiger charge is 2.33. The van der Waals surface area contributed by atoms with E-state index in [-0.39, 0.29) is 17.9 Å². The first-order valence-corrected chi connectivity index (χ1v) is 7.36. The van der Waals surface area contributed by atoms with Gasteiger partial charge in [-0.15, -0.1) is 0 Å². The molecule has 0 aliphatic carbocycles. The Morgan fingerprint density at radius 1 is 1.37 bits per heavy atom. The van der Waals surface area contributed by atoms with E-state index in [1.165, 1.54) is 0 Å². The van der Waals surface area contributed by atoms with Crippen molar-refractivity contribution in [3.63, 3.8) is 0 Å². The van der Waals surface area contributed by atoms with Crippen molar-refractivity contribution in [3.05, 3.63) is 0 Å². The third-order valence-electron chi connectivity index (χ3n) is 4.47. The monoisotopic (exact) mass is 268 g/mol. The molecule has 0 bridgehead atoms. The Kier molecular flexibility index (Phi) is 4.80. The third kappa shape index (κ3) is 3.47. The average Bonchev–Trinajstić information content (AvgIpc) is 2.46. The number of hydrogen-bond acceptors (Lipinski definition) is 3. The van der Waals surface area contributed by atoms with Crippen LogP contribution in [0.4, 0.5) is 0 Å². The molecule has 2 unspecified atom stereocenters. The second-order valence-electron chi connectivity index (χ2n) is 5.77. The molecule has 0 radical (unpaired) electrons. The molecule has 5 nitrogen and oxygen atoms in total. The number of rotatable bonds is 3. The van der Waals surface area contributed by atoms with E-state index >= 15 is 0 Å². The van der Waals surface area contributed by atoms with E-state index in [0.717, 1.165) is 32.2 Å². The van der Waals surface area contributed by atoms with Gasteiger partial charge in [-0.25, -0.2) is 0 Å². The first-order chi connectivity index (χ1) is 9.11. The first kappa shape index (κ1) is 14.3. The Bertz CT molecular complexity index is 346. The maximum Gasteiger partial charge on any atom is 0.308 e. The van der Waals surface area contributed by atoms with E-state index in [2.05, 4.69) is 12.2 Å². The van der Waals surface area contributed by atoms with Crippen molar-refractivity contribution in [2.75, 3.05) is 19.6 Å². The van der Waals surface area contributed by atoms with Gasteiger partial charge >= 0.3 is 5.97 Å².